The van der Waals surface area contributed by atoms with Crippen LogP contribution in [0.3, 0.4) is 0 Å². The number of nitrogens with one attached hydrogen (secondary N) is 2. The Morgan fingerprint density at radius 1 is 1.23 bits per heavy atom. The molecule has 9 heteroatoms. The van der Waals surface area contributed by atoms with Gasteiger partial charge in [-0.15, -0.1) is 0 Å². The first-order valence-corrected chi connectivity index (χ1v) is 10.9. The normalized spacial score (nSPS) is 21.6. The summed E-state index contributed by atoms with van der Waals surface area (Å²) in [4.78, 5) is 7.41. The molecule has 2 unspecified atom stereocenters. The summed E-state index contributed by atoms with van der Waals surface area (Å²) in [7, 11) is -2.30. The Kier molecular flexibility index (Phi) is 4.95. The van der Waals surface area contributed by atoms with Crippen molar-refractivity contribution in [3.63, 3.8) is 0 Å². The van der Waals surface area contributed by atoms with Crippen LogP contribution in [0.1, 0.15) is 11.4 Å². The maximum absolute atomic E-state index is 15.6. The number of methoxy groups -OCH3 is 1. The van der Waals surface area contributed by atoms with Crippen LogP contribution in [0, 0.1) is 5.82 Å². The minimum atomic E-state index is -3.82. The van der Waals surface area contributed by atoms with E-state index >= 15 is 4.39 Å². The number of allylic oxidation sites excluding steroid dienone is 2. The monoisotopic (exact) mass is 431 g/mol. The molecule has 2 aromatic carbocycles. The van der Waals surface area contributed by atoms with Crippen LogP contribution in [0.5, 0.6) is 5.75 Å². The summed E-state index contributed by atoms with van der Waals surface area (Å²) in [5.74, 6) is 0.219. The van der Waals surface area contributed by atoms with Gasteiger partial charge in [0.1, 0.15) is 29.1 Å². The molecule has 1 heterocycles. The lowest BCUT2D eigenvalue weighted by atomic mass is 9.85. The highest BCUT2D eigenvalue weighted by Crippen LogP contribution is 2.37. The van der Waals surface area contributed by atoms with Crippen molar-refractivity contribution in [2.24, 2.45) is 0 Å². The van der Waals surface area contributed by atoms with E-state index in [1.807, 2.05) is 0 Å². The molecule has 1 aliphatic rings. The van der Waals surface area contributed by atoms with Crippen LogP contribution in [0.4, 0.5) is 8.78 Å². The molecule has 0 radical (unpaired) electrons. The average molecular weight is 431 g/mol. The molecular formula is C21H19F2N3O3S. The number of hydrogen-bond donors (Lipinski definition) is 2. The van der Waals surface area contributed by atoms with E-state index < -0.39 is 27.6 Å². The quantitative estimate of drug-likeness (QED) is 0.648. The minimum absolute atomic E-state index is 0.0921. The average Bonchev–Trinajstić information content (AvgIpc) is 3.12. The van der Waals surface area contributed by atoms with Crippen molar-refractivity contribution in [2.75, 3.05) is 13.4 Å². The second kappa shape index (κ2) is 7.33. The fourth-order valence-corrected chi connectivity index (χ4v) is 4.38. The zero-order chi connectivity index (χ0) is 21.5. The Hall–Kier alpha value is -3.04. The number of fused-ring (bicyclic) bond motifs is 1. The first kappa shape index (κ1) is 20.2. The highest BCUT2D eigenvalue weighted by atomic mass is 32.2. The third-order valence-electron chi connectivity index (χ3n) is 4.88. The van der Waals surface area contributed by atoms with Gasteiger partial charge in [-0.25, -0.2) is 22.2 Å². The van der Waals surface area contributed by atoms with Crippen LogP contribution in [0.2, 0.25) is 0 Å². The summed E-state index contributed by atoms with van der Waals surface area (Å²) in [5.41, 5.74) is 0.235. The van der Waals surface area contributed by atoms with Gasteiger partial charge in [-0.3, -0.25) is 0 Å². The van der Waals surface area contributed by atoms with Crippen molar-refractivity contribution in [3.8, 4) is 5.75 Å². The van der Waals surface area contributed by atoms with Crippen LogP contribution in [-0.2, 0) is 15.6 Å². The SMILES string of the molecule is COc1ccc2nc(C3(NS(C)(=O)=O)C=CC(c4cccc(F)c4)=CC3F)[nH]c2c1. The molecule has 2 atom stereocenters. The maximum Gasteiger partial charge on any atom is 0.209 e. The van der Waals surface area contributed by atoms with E-state index in [1.165, 1.54) is 37.5 Å². The summed E-state index contributed by atoms with van der Waals surface area (Å²) in [6, 6.07) is 10.8. The van der Waals surface area contributed by atoms with Gasteiger partial charge in [0.25, 0.3) is 0 Å². The fraction of sp³-hybridized carbons (Fsp3) is 0.190. The van der Waals surface area contributed by atoms with Crippen LogP contribution < -0.4 is 9.46 Å². The summed E-state index contributed by atoms with van der Waals surface area (Å²) in [5, 5.41) is 0. The van der Waals surface area contributed by atoms with E-state index in [1.54, 1.807) is 30.3 Å². The molecular weight excluding hydrogens is 412 g/mol. The number of rotatable bonds is 5. The molecule has 1 aromatic heterocycles. The fourth-order valence-electron chi connectivity index (χ4n) is 3.48. The number of nitrogens with zero attached hydrogens (tertiary/aromatic N) is 1. The van der Waals surface area contributed by atoms with Crippen molar-refractivity contribution in [3.05, 3.63) is 77.9 Å². The minimum Gasteiger partial charge on any atom is -0.497 e. The number of alkyl halides is 1. The smallest absolute Gasteiger partial charge is 0.209 e. The Morgan fingerprint density at radius 2 is 2.03 bits per heavy atom. The number of aromatic amines is 1. The van der Waals surface area contributed by atoms with Crippen molar-refractivity contribution in [1.82, 2.24) is 14.7 Å². The standard InChI is InChI=1S/C21H19F2N3O3S/c1-29-16-6-7-17-18(12-16)25-20(24-17)21(26-30(2,27)28)9-8-14(11-19(21)23)13-4-3-5-15(22)10-13/h3-12,19,26H,1-2H3,(H,24,25). The van der Waals surface area contributed by atoms with Crippen LogP contribution in [0.25, 0.3) is 16.6 Å². The Bertz CT molecular complexity index is 1280. The van der Waals surface area contributed by atoms with Crippen LogP contribution >= 0.6 is 0 Å². The number of imidazole rings is 1. The lowest BCUT2D eigenvalue weighted by molar-refractivity contribution is 0.253. The number of benzene rings is 2. The van der Waals surface area contributed by atoms with E-state index in [0.717, 1.165) is 6.26 Å². The van der Waals surface area contributed by atoms with Crippen LogP contribution in [-0.4, -0.2) is 37.9 Å². The van der Waals surface area contributed by atoms with Gasteiger partial charge < -0.3 is 9.72 Å². The van der Waals surface area contributed by atoms with Gasteiger partial charge in [-0.2, -0.15) is 4.72 Å². The van der Waals surface area contributed by atoms with E-state index in [0.29, 0.717) is 27.9 Å². The molecule has 0 saturated heterocycles. The van der Waals surface area contributed by atoms with E-state index in [9.17, 15) is 12.8 Å². The largest absolute Gasteiger partial charge is 0.497 e. The predicted molar refractivity (Wildman–Crippen MR) is 111 cm³/mol. The van der Waals surface area contributed by atoms with E-state index in [4.69, 9.17) is 4.74 Å². The lowest BCUT2D eigenvalue weighted by Gasteiger charge is -2.33. The van der Waals surface area contributed by atoms with Gasteiger partial charge in [0.15, 0.2) is 0 Å². The lowest BCUT2D eigenvalue weighted by Crippen LogP contribution is -2.51. The Labute approximate surface area is 172 Å². The molecule has 0 fully saturated rings. The molecule has 0 spiro atoms. The molecule has 156 valence electrons. The Balaban J connectivity index is 1.82. The van der Waals surface area contributed by atoms with E-state index in [2.05, 4.69) is 14.7 Å². The molecule has 4 rings (SSSR count). The van der Waals surface area contributed by atoms with Crippen molar-refractivity contribution in [1.29, 1.82) is 0 Å². The number of aromatic nitrogens is 2. The molecule has 6 nitrogen and oxygen atoms in total. The highest BCUT2D eigenvalue weighted by molar-refractivity contribution is 7.88. The zero-order valence-corrected chi connectivity index (χ0v) is 17.0. The number of halogens is 2. The molecule has 3 aromatic rings. The summed E-state index contributed by atoms with van der Waals surface area (Å²) in [6.45, 7) is 0. The molecule has 0 bridgehead atoms. The molecule has 1 aliphatic carbocycles. The molecule has 0 aliphatic heterocycles. The first-order chi connectivity index (χ1) is 14.2. The zero-order valence-electron chi connectivity index (χ0n) is 16.2. The second-order valence-corrected chi connectivity index (χ2v) is 8.83. The van der Waals surface area contributed by atoms with E-state index in [-0.39, 0.29) is 5.82 Å². The second-order valence-electron chi connectivity index (χ2n) is 7.08. The van der Waals surface area contributed by atoms with Crippen molar-refractivity contribution < 1.29 is 21.9 Å². The van der Waals surface area contributed by atoms with Gasteiger partial charge in [-0.05, 0) is 41.5 Å². The van der Waals surface area contributed by atoms with Crippen molar-refractivity contribution in [2.45, 2.75) is 11.7 Å². The predicted octanol–water partition coefficient (Wildman–Crippen LogP) is 3.45. The number of H-pyrrole nitrogens is 1. The number of hydrogen-bond acceptors (Lipinski definition) is 4. The van der Waals surface area contributed by atoms with Gasteiger partial charge >= 0.3 is 0 Å². The topological polar surface area (TPSA) is 84.1 Å². The molecule has 2 N–H and O–H groups in total. The van der Waals surface area contributed by atoms with Crippen LogP contribution in [0.15, 0.2) is 60.7 Å². The number of ether oxygens (including phenoxy) is 1. The molecule has 30 heavy (non-hydrogen) atoms. The maximum atomic E-state index is 15.6. The molecule has 0 saturated carbocycles. The summed E-state index contributed by atoms with van der Waals surface area (Å²) >= 11 is 0. The number of sulfonamides is 1. The Morgan fingerprint density at radius 3 is 2.70 bits per heavy atom. The van der Waals surface area contributed by atoms with Gasteiger partial charge in [-0.1, -0.05) is 24.3 Å². The van der Waals surface area contributed by atoms with Crippen molar-refractivity contribution >= 4 is 26.6 Å². The van der Waals surface area contributed by atoms with Gasteiger partial charge in [0.05, 0.1) is 24.4 Å². The third kappa shape index (κ3) is 3.73. The van der Waals surface area contributed by atoms with Gasteiger partial charge in [0, 0.05) is 6.07 Å². The highest BCUT2D eigenvalue weighted by Gasteiger charge is 2.45. The molecule has 0 amide bonds. The van der Waals surface area contributed by atoms with Gasteiger partial charge in [0.2, 0.25) is 10.0 Å². The summed E-state index contributed by atoms with van der Waals surface area (Å²) in [6.07, 6.45) is 3.34. The third-order valence-corrected chi connectivity index (χ3v) is 5.59. The first-order valence-electron chi connectivity index (χ1n) is 9.04. The summed E-state index contributed by atoms with van der Waals surface area (Å²) < 4.78 is 60.9.